The zero-order valence-corrected chi connectivity index (χ0v) is 12.7. The Morgan fingerprint density at radius 2 is 2.30 bits per heavy atom. The molecular formula is C13H17BrN2O4. The molecule has 1 saturated heterocycles. The first-order valence-electron chi connectivity index (χ1n) is 6.41. The molecule has 1 fully saturated rings. The van der Waals surface area contributed by atoms with E-state index in [-0.39, 0.29) is 24.4 Å². The number of non-ortho nitro benzene ring substituents is 1. The van der Waals surface area contributed by atoms with Crippen molar-refractivity contribution in [2.24, 2.45) is 0 Å². The summed E-state index contributed by atoms with van der Waals surface area (Å²) in [6.07, 6.45) is 1.85. The van der Waals surface area contributed by atoms with E-state index in [2.05, 4.69) is 15.9 Å². The van der Waals surface area contributed by atoms with Crippen LogP contribution in [0.4, 0.5) is 11.4 Å². The normalized spacial score (nSPS) is 22.9. The fourth-order valence-electron chi connectivity index (χ4n) is 2.51. The van der Waals surface area contributed by atoms with Crippen molar-refractivity contribution in [2.75, 3.05) is 25.2 Å². The second-order valence-corrected chi connectivity index (χ2v) is 5.67. The molecule has 2 atom stereocenters. The molecule has 1 aliphatic heterocycles. The zero-order chi connectivity index (χ0) is 14.7. The Balaban J connectivity index is 2.29. The van der Waals surface area contributed by atoms with Crippen LogP contribution in [-0.2, 0) is 4.74 Å². The van der Waals surface area contributed by atoms with Crippen LogP contribution in [0, 0.1) is 10.1 Å². The number of ether oxygens (including phenoxy) is 1. The monoisotopic (exact) mass is 344 g/mol. The van der Waals surface area contributed by atoms with E-state index in [9.17, 15) is 15.2 Å². The molecule has 0 bridgehead atoms. The number of nitrogens with zero attached hydrogens (tertiary/aromatic N) is 2. The first-order valence-corrected chi connectivity index (χ1v) is 7.20. The number of anilines is 1. The van der Waals surface area contributed by atoms with Crippen molar-refractivity contribution in [1.29, 1.82) is 0 Å². The number of aliphatic hydroxyl groups excluding tert-OH is 1. The molecule has 2 rings (SSSR count). The maximum atomic E-state index is 10.8. The second-order valence-electron chi connectivity index (χ2n) is 4.82. The number of benzene rings is 1. The van der Waals surface area contributed by atoms with E-state index in [0.717, 1.165) is 18.5 Å². The Kier molecular flexibility index (Phi) is 4.95. The fraction of sp³-hybridized carbons (Fsp3) is 0.538. The van der Waals surface area contributed by atoms with Crippen LogP contribution in [0.3, 0.4) is 0 Å². The van der Waals surface area contributed by atoms with Crippen molar-refractivity contribution in [3.8, 4) is 0 Å². The first-order chi connectivity index (χ1) is 9.56. The summed E-state index contributed by atoms with van der Waals surface area (Å²) in [5.74, 6) is 0. The molecule has 0 amide bonds. The number of rotatable bonds is 4. The van der Waals surface area contributed by atoms with Gasteiger partial charge in [-0.2, -0.15) is 0 Å². The Morgan fingerprint density at radius 3 is 2.85 bits per heavy atom. The predicted octanol–water partition coefficient (Wildman–Crippen LogP) is 2.33. The van der Waals surface area contributed by atoms with Gasteiger partial charge in [-0.25, -0.2) is 0 Å². The molecule has 6 nitrogen and oxygen atoms in total. The quantitative estimate of drug-likeness (QED) is 0.670. The highest BCUT2D eigenvalue weighted by atomic mass is 79.9. The maximum absolute atomic E-state index is 10.8. The first kappa shape index (κ1) is 15.2. The van der Waals surface area contributed by atoms with Gasteiger partial charge < -0.3 is 14.7 Å². The highest BCUT2D eigenvalue weighted by Crippen LogP contribution is 2.34. The summed E-state index contributed by atoms with van der Waals surface area (Å²) >= 11 is 3.38. The largest absolute Gasteiger partial charge is 0.394 e. The van der Waals surface area contributed by atoms with E-state index in [1.807, 2.05) is 4.90 Å². The third kappa shape index (κ3) is 3.11. The van der Waals surface area contributed by atoms with Gasteiger partial charge in [0, 0.05) is 30.3 Å². The molecule has 1 heterocycles. The molecule has 0 radical (unpaired) electrons. The van der Waals surface area contributed by atoms with Crippen LogP contribution in [0.1, 0.15) is 12.8 Å². The lowest BCUT2D eigenvalue weighted by Crippen LogP contribution is -2.48. The Bertz CT molecular complexity index is 497. The van der Waals surface area contributed by atoms with E-state index in [1.54, 1.807) is 13.2 Å². The van der Waals surface area contributed by atoms with Gasteiger partial charge in [0.1, 0.15) is 0 Å². The predicted molar refractivity (Wildman–Crippen MR) is 79.0 cm³/mol. The van der Waals surface area contributed by atoms with E-state index in [0.29, 0.717) is 11.0 Å². The standard InChI is InChI=1S/C13H17BrN2O4/c1-20-11-4-2-10(8-17)15(7-11)13-5-3-9(16(18)19)6-12(13)14/h3,5-6,10-11,17H,2,4,7-8H2,1H3. The number of methoxy groups -OCH3 is 1. The number of aliphatic hydroxyl groups is 1. The topological polar surface area (TPSA) is 75.8 Å². The van der Waals surface area contributed by atoms with E-state index < -0.39 is 4.92 Å². The summed E-state index contributed by atoms with van der Waals surface area (Å²) in [5, 5.41) is 20.3. The van der Waals surface area contributed by atoms with Crippen LogP contribution in [0.25, 0.3) is 0 Å². The molecule has 1 aromatic carbocycles. The number of hydrogen-bond donors (Lipinski definition) is 1. The third-order valence-electron chi connectivity index (χ3n) is 3.66. The summed E-state index contributed by atoms with van der Waals surface area (Å²) in [4.78, 5) is 12.4. The van der Waals surface area contributed by atoms with E-state index in [4.69, 9.17) is 4.74 Å². The number of nitro benzene ring substituents is 1. The molecule has 7 heteroatoms. The molecule has 1 aromatic rings. The summed E-state index contributed by atoms with van der Waals surface area (Å²) in [5.41, 5.74) is 0.887. The van der Waals surface area contributed by atoms with E-state index >= 15 is 0 Å². The van der Waals surface area contributed by atoms with Gasteiger partial charge in [0.25, 0.3) is 5.69 Å². The molecule has 2 unspecified atom stereocenters. The van der Waals surface area contributed by atoms with Crippen molar-refractivity contribution < 1.29 is 14.8 Å². The molecule has 0 aliphatic carbocycles. The lowest BCUT2D eigenvalue weighted by Gasteiger charge is -2.40. The summed E-state index contributed by atoms with van der Waals surface area (Å²) < 4.78 is 6.05. The van der Waals surface area contributed by atoms with Crippen LogP contribution in [0.2, 0.25) is 0 Å². The molecular weight excluding hydrogens is 328 g/mol. The van der Waals surface area contributed by atoms with Gasteiger partial charge in [-0.1, -0.05) is 0 Å². The minimum atomic E-state index is -0.424. The maximum Gasteiger partial charge on any atom is 0.270 e. The molecule has 1 aliphatic rings. The molecule has 1 N–H and O–H groups in total. The van der Waals surface area contributed by atoms with Gasteiger partial charge in [-0.3, -0.25) is 10.1 Å². The van der Waals surface area contributed by atoms with Crippen molar-refractivity contribution in [1.82, 2.24) is 0 Å². The fourth-order valence-corrected chi connectivity index (χ4v) is 3.11. The average molecular weight is 345 g/mol. The lowest BCUT2D eigenvalue weighted by molar-refractivity contribution is -0.384. The number of halogens is 1. The average Bonchev–Trinajstić information content (AvgIpc) is 2.46. The summed E-state index contributed by atoms with van der Waals surface area (Å²) in [6, 6.07) is 4.69. The van der Waals surface area contributed by atoms with Crippen LogP contribution in [0.15, 0.2) is 22.7 Å². The summed E-state index contributed by atoms with van der Waals surface area (Å²) in [6.45, 7) is 0.720. The SMILES string of the molecule is COC1CCC(CO)N(c2ccc([N+](=O)[O-])cc2Br)C1. The van der Waals surface area contributed by atoms with Crippen LogP contribution >= 0.6 is 15.9 Å². The van der Waals surface area contributed by atoms with Gasteiger partial charge in [-0.05, 0) is 34.8 Å². The second kappa shape index (κ2) is 6.51. The molecule has 110 valence electrons. The van der Waals surface area contributed by atoms with Gasteiger partial charge in [0.2, 0.25) is 0 Å². The minimum absolute atomic E-state index is 0.0131. The van der Waals surface area contributed by atoms with Crippen LogP contribution in [0.5, 0.6) is 0 Å². The van der Waals surface area contributed by atoms with Gasteiger partial charge in [0.15, 0.2) is 0 Å². The molecule has 0 aromatic heterocycles. The lowest BCUT2D eigenvalue weighted by atomic mass is 9.99. The van der Waals surface area contributed by atoms with Gasteiger partial charge in [-0.15, -0.1) is 0 Å². The Hall–Kier alpha value is -1.18. The van der Waals surface area contributed by atoms with Gasteiger partial charge in [0.05, 0.1) is 29.4 Å². The van der Waals surface area contributed by atoms with Crippen molar-refractivity contribution in [2.45, 2.75) is 25.0 Å². The van der Waals surface area contributed by atoms with Gasteiger partial charge >= 0.3 is 0 Å². The molecule has 0 saturated carbocycles. The zero-order valence-electron chi connectivity index (χ0n) is 11.2. The number of hydrogen-bond acceptors (Lipinski definition) is 5. The highest BCUT2D eigenvalue weighted by molar-refractivity contribution is 9.10. The third-order valence-corrected chi connectivity index (χ3v) is 4.29. The number of nitro groups is 1. The summed E-state index contributed by atoms with van der Waals surface area (Å²) in [7, 11) is 1.67. The smallest absolute Gasteiger partial charge is 0.270 e. The Labute approximate surface area is 125 Å². The minimum Gasteiger partial charge on any atom is -0.394 e. The van der Waals surface area contributed by atoms with Crippen LogP contribution < -0.4 is 4.90 Å². The number of piperidine rings is 1. The van der Waals surface area contributed by atoms with Crippen LogP contribution in [-0.4, -0.2) is 42.4 Å². The molecule has 20 heavy (non-hydrogen) atoms. The Morgan fingerprint density at radius 1 is 1.55 bits per heavy atom. The van der Waals surface area contributed by atoms with Crippen molar-refractivity contribution in [3.63, 3.8) is 0 Å². The van der Waals surface area contributed by atoms with Crippen molar-refractivity contribution >= 4 is 27.3 Å². The van der Waals surface area contributed by atoms with Crippen molar-refractivity contribution in [3.05, 3.63) is 32.8 Å². The highest BCUT2D eigenvalue weighted by Gasteiger charge is 2.29. The molecule has 0 spiro atoms. The van der Waals surface area contributed by atoms with E-state index in [1.165, 1.54) is 12.1 Å².